The SMILES string of the molecule is COC(=O)[C@@H]1CC(C23CC(I)(C2)C3)CN1. The number of esters is 1. The average molecular weight is 321 g/mol. The van der Waals surface area contributed by atoms with Gasteiger partial charge in [-0.05, 0) is 43.6 Å². The average Bonchev–Trinajstić information content (AvgIpc) is 2.59. The molecule has 3 aliphatic carbocycles. The molecule has 0 aromatic rings. The van der Waals surface area contributed by atoms with Crippen molar-refractivity contribution in [1.29, 1.82) is 0 Å². The van der Waals surface area contributed by atoms with Gasteiger partial charge in [0.25, 0.3) is 0 Å². The highest BCUT2D eigenvalue weighted by atomic mass is 127. The van der Waals surface area contributed by atoms with Gasteiger partial charge in [-0.25, -0.2) is 0 Å². The first-order chi connectivity index (χ1) is 7.07. The van der Waals surface area contributed by atoms with Gasteiger partial charge in [-0.2, -0.15) is 0 Å². The zero-order valence-electron chi connectivity index (χ0n) is 8.88. The summed E-state index contributed by atoms with van der Waals surface area (Å²) in [6.07, 6.45) is 5.11. The number of hydrogen-bond acceptors (Lipinski definition) is 3. The predicted molar refractivity (Wildman–Crippen MR) is 64.9 cm³/mol. The molecular formula is C11H16INO2. The highest BCUT2D eigenvalue weighted by molar-refractivity contribution is 14.1. The van der Waals surface area contributed by atoms with E-state index >= 15 is 0 Å². The lowest BCUT2D eigenvalue weighted by Crippen LogP contribution is -2.66. The van der Waals surface area contributed by atoms with Crippen LogP contribution in [0.3, 0.4) is 0 Å². The molecule has 3 nitrogen and oxygen atoms in total. The Kier molecular flexibility index (Phi) is 2.13. The number of carbonyl (C=O) groups excluding carboxylic acids is 1. The normalized spacial score (nSPS) is 51.9. The molecule has 0 aromatic heterocycles. The van der Waals surface area contributed by atoms with Crippen LogP contribution in [0.2, 0.25) is 0 Å². The van der Waals surface area contributed by atoms with Crippen LogP contribution in [0.25, 0.3) is 0 Å². The molecule has 0 spiro atoms. The summed E-state index contributed by atoms with van der Waals surface area (Å²) in [4.78, 5) is 11.4. The number of hydrogen-bond donors (Lipinski definition) is 1. The van der Waals surface area contributed by atoms with Gasteiger partial charge in [0.1, 0.15) is 6.04 Å². The lowest BCUT2D eigenvalue weighted by atomic mass is 9.40. The van der Waals surface area contributed by atoms with Gasteiger partial charge in [0, 0.05) is 3.42 Å². The Bertz CT molecular complexity index is 298. The third-order valence-electron chi connectivity index (χ3n) is 4.49. The van der Waals surface area contributed by atoms with Crippen molar-refractivity contribution in [2.75, 3.05) is 13.7 Å². The first-order valence-corrected chi connectivity index (χ1v) is 6.65. The van der Waals surface area contributed by atoms with Gasteiger partial charge in [0.05, 0.1) is 7.11 Å². The number of halogens is 1. The smallest absolute Gasteiger partial charge is 0.322 e. The molecule has 84 valence electrons. The van der Waals surface area contributed by atoms with Crippen molar-refractivity contribution in [3.05, 3.63) is 0 Å². The van der Waals surface area contributed by atoms with Crippen LogP contribution in [0.1, 0.15) is 25.7 Å². The number of rotatable bonds is 2. The van der Waals surface area contributed by atoms with Crippen molar-refractivity contribution in [1.82, 2.24) is 5.32 Å². The molecule has 1 unspecified atom stereocenters. The molecule has 1 aliphatic heterocycles. The first kappa shape index (κ1) is 10.3. The quantitative estimate of drug-likeness (QED) is 0.476. The van der Waals surface area contributed by atoms with Crippen molar-refractivity contribution in [3.8, 4) is 0 Å². The van der Waals surface area contributed by atoms with Gasteiger partial charge >= 0.3 is 5.97 Å². The number of alkyl halides is 1. The number of methoxy groups -OCH3 is 1. The molecule has 0 radical (unpaired) electrons. The van der Waals surface area contributed by atoms with E-state index in [2.05, 4.69) is 27.9 Å². The minimum Gasteiger partial charge on any atom is -0.468 e. The Balaban J connectivity index is 1.61. The molecule has 15 heavy (non-hydrogen) atoms. The topological polar surface area (TPSA) is 38.3 Å². The van der Waals surface area contributed by atoms with E-state index in [1.54, 1.807) is 0 Å². The number of nitrogens with one attached hydrogen (secondary N) is 1. The van der Waals surface area contributed by atoms with E-state index in [0.29, 0.717) is 14.8 Å². The van der Waals surface area contributed by atoms with Crippen LogP contribution in [0.15, 0.2) is 0 Å². The molecular weight excluding hydrogens is 305 g/mol. The van der Waals surface area contributed by atoms with Gasteiger partial charge in [0.2, 0.25) is 0 Å². The second-order valence-electron chi connectivity index (χ2n) is 5.46. The summed E-state index contributed by atoms with van der Waals surface area (Å²) < 4.78 is 5.42. The summed E-state index contributed by atoms with van der Waals surface area (Å²) in [6, 6.07) is -0.0424. The fourth-order valence-corrected chi connectivity index (χ4v) is 5.97. The highest BCUT2D eigenvalue weighted by Crippen LogP contribution is 2.75. The Morgan fingerprint density at radius 2 is 2.13 bits per heavy atom. The van der Waals surface area contributed by atoms with Crippen molar-refractivity contribution in [2.45, 2.75) is 35.1 Å². The van der Waals surface area contributed by atoms with Gasteiger partial charge in [0.15, 0.2) is 0 Å². The minimum absolute atomic E-state index is 0.0424. The minimum atomic E-state index is -0.0896. The lowest BCUT2D eigenvalue weighted by molar-refractivity contribution is -0.143. The van der Waals surface area contributed by atoms with E-state index in [4.69, 9.17) is 4.74 Å². The van der Waals surface area contributed by atoms with Crippen molar-refractivity contribution >= 4 is 28.6 Å². The number of carbonyl (C=O) groups is 1. The Morgan fingerprint density at radius 1 is 1.47 bits per heavy atom. The van der Waals surface area contributed by atoms with Gasteiger partial charge in [-0.3, -0.25) is 4.79 Å². The number of ether oxygens (including phenoxy) is 1. The molecule has 1 heterocycles. The predicted octanol–water partition coefficient (Wildman–Crippen LogP) is 1.50. The maximum Gasteiger partial charge on any atom is 0.322 e. The van der Waals surface area contributed by atoms with Crippen LogP contribution in [-0.2, 0) is 9.53 Å². The van der Waals surface area contributed by atoms with Gasteiger partial charge in [-0.15, -0.1) is 0 Å². The largest absolute Gasteiger partial charge is 0.468 e. The van der Waals surface area contributed by atoms with Crippen LogP contribution in [0, 0.1) is 11.3 Å². The molecule has 4 heteroatoms. The molecule has 4 aliphatic rings. The van der Waals surface area contributed by atoms with Crippen LogP contribution in [-0.4, -0.2) is 29.1 Å². The summed E-state index contributed by atoms with van der Waals surface area (Å²) in [5.41, 5.74) is 0.594. The van der Waals surface area contributed by atoms with Crippen molar-refractivity contribution in [3.63, 3.8) is 0 Å². The second kappa shape index (κ2) is 3.09. The molecule has 4 rings (SSSR count). The van der Waals surface area contributed by atoms with E-state index in [0.717, 1.165) is 13.0 Å². The molecule has 1 saturated heterocycles. The van der Waals surface area contributed by atoms with E-state index in [-0.39, 0.29) is 12.0 Å². The zero-order chi connectivity index (χ0) is 10.7. The Labute approximate surface area is 103 Å². The summed E-state index contributed by atoms with van der Waals surface area (Å²) in [7, 11) is 1.47. The zero-order valence-corrected chi connectivity index (χ0v) is 11.0. The fraction of sp³-hybridized carbons (Fsp3) is 0.909. The van der Waals surface area contributed by atoms with Crippen LogP contribution < -0.4 is 5.32 Å². The molecule has 0 amide bonds. The summed E-state index contributed by atoms with van der Waals surface area (Å²) in [5, 5.41) is 3.29. The van der Waals surface area contributed by atoms with E-state index < -0.39 is 0 Å². The summed E-state index contributed by atoms with van der Waals surface area (Å²) in [5.74, 6) is 0.617. The van der Waals surface area contributed by atoms with Crippen molar-refractivity contribution in [2.24, 2.45) is 11.3 Å². The third kappa shape index (κ3) is 1.37. The van der Waals surface area contributed by atoms with Crippen LogP contribution >= 0.6 is 22.6 Å². The molecule has 0 aromatic carbocycles. The highest BCUT2D eigenvalue weighted by Gasteiger charge is 2.69. The molecule has 2 bridgehead atoms. The Hall–Kier alpha value is 0.160. The lowest BCUT2D eigenvalue weighted by Gasteiger charge is -2.71. The van der Waals surface area contributed by atoms with Crippen LogP contribution in [0.4, 0.5) is 0 Å². The Morgan fingerprint density at radius 3 is 2.67 bits per heavy atom. The summed E-state index contributed by atoms with van der Waals surface area (Å²) >= 11 is 2.60. The maximum atomic E-state index is 11.4. The second-order valence-corrected chi connectivity index (χ2v) is 7.75. The third-order valence-corrected chi connectivity index (χ3v) is 5.63. The molecule has 4 fully saturated rings. The standard InChI is InChI=1S/C11H16INO2/c1-15-9(14)8-2-7(3-13-8)10-4-11(12,5-10)6-10/h7-8,13H,2-6H2,1H3/t7?,8-,10?,11?/m0/s1. The van der Waals surface area contributed by atoms with E-state index in [1.165, 1.54) is 26.4 Å². The van der Waals surface area contributed by atoms with Gasteiger partial charge < -0.3 is 10.1 Å². The molecule has 3 saturated carbocycles. The van der Waals surface area contributed by atoms with Crippen molar-refractivity contribution < 1.29 is 9.53 Å². The first-order valence-electron chi connectivity index (χ1n) is 5.57. The monoisotopic (exact) mass is 321 g/mol. The van der Waals surface area contributed by atoms with E-state index in [9.17, 15) is 4.79 Å². The molecule has 1 N–H and O–H groups in total. The van der Waals surface area contributed by atoms with Crippen LogP contribution in [0.5, 0.6) is 0 Å². The van der Waals surface area contributed by atoms with Gasteiger partial charge in [-0.1, -0.05) is 22.6 Å². The fourth-order valence-electron chi connectivity index (χ4n) is 3.69. The summed E-state index contributed by atoms with van der Waals surface area (Å²) in [6.45, 7) is 1.01. The maximum absolute atomic E-state index is 11.4. The molecule has 2 atom stereocenters. The van der Waals surface area contributed by atoms with E-state index in [1.807, 2.05) is 0 Å².